The summed E-state index contributed by atoms with van der Waals surface area (Å²) in [4.78, 5) is 4.26. The van der Waals surface area contributed by atoms with Gasteiger partial charge in [-0.25, -0.2) is 0 Å². The summed E-state index contributed by atoms with van der Waals surface area (Å²) in [6, 6.07) is 20.5. The lowest BCUT2D eigenvalue weighted by molar-refractivity contribution is 1.18. The zero-order valence-electron chi connectivity index (χ0n) is 11.1. The van der Waals surface area contributed by atoms with Crippen LogP contribution in [0.4, 0.5) is 0 Å². The van der Waals surface area contributed by atoms with Gasteiger partial charge in [-0.15, -0.1) is 0 Å². The molecule has 19 heavy (non-hydrogen) atoms. The molecule has 0 spiro atoms. The van der Waals surface area contributed by atoms with Gasteiger partial charge in [-0.05, 0) is 18.2 Å². The van der Waals surface area contributed by atoms with Crippen molar-refractivity contribution in [2.24, 2.45) is 4.99 Å². The van der Waals surface area contributed by atoms with Crippen molar-refractivity contribution in [2.45, 2.75) is 6.42 Å². The number of nitrogens with one attached hydrogen (secondary N) is 1. The Morgan fingerprint density at radius 2 is 1.63 bits per heavy atom. The smallest absolute Gasteiger partial charge is 0.131 e. The van der Waals surface area contributed by atoms with E-state index in [1.165, 1.54) is 5.56 Å². The Kier molecular flexibility index (Phi) is 4.94. The summed E-state index contributed by atoms with van der Waals surface area (Å²) in [7, 11) is 1.79. The Balaban J connectivity index is 1.91. The maximum atomic E-state index is 4.26. The van der Waals surface area contributed by atoms with Crippen LogP contribution in [0.5, 0.6) is 0 Å². The zero-order valence-corrected chi connectivity index (χ0v) is 11.1. The van der Waals surface area contributed by atoms with E-state index in [0.717, 1.165) is 17.8 Å². The Hall–Kier alpha value is -2.35. The van der Waals surface area contributed by atoms with Crippen LogP contribution in [0.25, 0.3) is 0 Å². The van der Waals surface area contributed by atoms with Crippen LogP contribution in [-0.4, -0.2) is 12.9 Å². The lowest BCUT2D eigenvalue weighted by atomic mass is 10.1. The molecule has 0 heterocycles. The van der Waals surface area contributed by atoms with Crippen molar-refractivity contribution >= 4 is 5.84 Å². The quantitative estimate of drug-likeness (QED) is 0.652. The summed E-state index contributed by atoms with van der Waals surface area (Å²) in [6.07, 6.45) is 4.96. The van der Waals surface area contributed by atoms with E-state index in [1.807, 2.05) is 42.6 Å². The molecule has 0 radical (unpaired) electrons. The first-order valence-electron chi connectivity index (χ1n) is 6.38. The minimum atomic E-state index is 0.880. The molecule has 0 aliphatic heterocycles. The van der Waals surface area contributed by atoms with Gasteiger partial charge in [0.1, 0.15) is 5.84 Å². The number of hydrogen-bond acceptors (Lipinski definition) is 1. The molecule has 0 aromatic heterocycles. The molecule has 0 atom stereocenters. The van der Waals surface area contributed by atoms with Crippen molar-refractivity contribution < 1.29 is 0 Å². The molecule has 2 aromatic rings. The summed E-state index contributed by atoms with van der Waals surface area (Å²) < 4.78 is 0. The van der Waals surface area contributed by atoms with Gasteiger partial charge in [0, 0.05) is 12.6 Å². The number of benzene rings is 2. The van der Waals surface area contributed by atoms with Crippen LogP contribution in [-0.2, 0) is 6.42 Å². The van der Waals surface area contributed by atoms with Gasteiger partial charge in [-0.1, -0.05) is 66.7 Å². The van der Waals surface area contributed by atoms with E-state index in [1.54, 1.807) is 7.05 Å². The van der Waals surface area contributed by atoms with Crippen molar-refractivity contribution in [2.75, 3.05) is 7.05 Å². The first kappa shape index (κ1) is 13.1. The van der Waals surface area contributed by atoms with Crippen molar-refractivity contribution in [3.05, 3.63) is 84.1 Å². The number of amidine groups is 1. The van der Waals surface area contributed by atoms with E-state index < -0.39 is 0 Å². The van der Waals surface area contributed by atoms with Gasteiger partial charge in [0.15, 0.2) is 0 Å². The van der Waals surface area contributed by atoms with E-state index in [9.17, 15) is 0 Å². The first-order valence-corrected chi connectivity index (χ1v) is 6.38. The molecule has 0 aliphatic carbocycles. The normalized spacial score (nSPS) is 11.7. The maximum absolute atomic E-state index is 4.26. The minimum absolute atomic E-state index is 0.880. The topological polar surface area (TPSA) is 24.4 Å². The molecule has 2 heteroatoms. The summed E-state index contributed by atoms with van der Waals surface area (Å²) >= 11 is 0. The molecule has 0 saturated carbocycles. The third-order valence-corrected chi connectivity index (χ3v) is 2.81. The minimum Gasteiger partial charge on any atom is -0.347 e. The Morgan fingerprint density at radius 1 is 1.00 bits per heavy atom. The second-order valence-electron chi connectivity index (χ2n) is 4.17. The molecule has 0 fully saturated rings. The molecule has 0 unspecified atom stereocenters. The summed E-state index contributed by atoms with van der Waals surface area (Å²) in [5, 5.41) is 3.23. The number of aliphatic imine (C=N–C) groups is 1. The summed E-state index contributed by atoms with van der Waals surface area (Å²) in [6.45, 7) is 0. The average molecular weight is 250 g/mol. The third kappa shape index (κ3) is 4.11. The highest BCUT2D eigenvalue weighted by molar-refractivity contribution is 5.99. The van der Waals surface area contributed by atoms with Crippen LogP contribution in [0.15, 0.2) is 77.9 Å². The zero-order chi connectivity index (χ0) is 13.3. The summed E-state index contributed by atoms with van der Waals surface area (Å²) in [5.74, 6) is 0.880. The predicted octanol–water partition coefficient (Wildman–Crippen LogP) is 3.41. The van der Waals surface area contributed by atoms with Crippen LogP contribution in [0.2, 0.25) is 0 Å². The van der Waals surface area contributed by atoms with Gasteiger partial charge in [0.2, 0.25) is 0 Å². The molecule has 2 nitrogen and oxygen atoms in total. The lowest BCUT2D eigenvalue weighted by Gasteiger charge is -2.05. The van der Waals surface area contributed by atoms with E-state index in [-0.39, 0.29) is 0 Å². The highest BCUT2D eigenvalue weighted by atomic mass is 15.0. The number of rotatable bonds is 4. The van der Waals surface area contributed by atoms with Crippen molar-refractivity contribution in [3.63, 3.8) is 0 Å². The fourth-order valence-corrected chi connectivity index (χ4v) is 1.82. The summed E-state index contributed by atoms with van der Waals surface area (Å²) in [5.41, 5.74) is 2.39. The standard InChI is InChI=1S/C17H18N2/c1-18-17(16-12-6-3-7-13-16)19-14-8-11-15-9-4-2-5-10-15/h2-10,12-14H,11H2,1H3,(H,18,19)/b14-8-. The Morgan fingerprint density at radius 3 is 2.26 bits per heavy atom. The van der Waals surface area contributed by atoms with E-state index in [4.69, 9.17) is 0 Å². The van der Waals surface area contributed by atoms with Crippen molar-refractivity contribution in [1.29, 1.82) is 0 Å². The van der Waals surface area contributed by atoms with Gasteiger partial charge < -0.3 is 5.32 Å². The van der Waals surface area contributed by atoms with Crippen LogP contribution in [0, 0.1) is 0 Å². The van der Waals surface area contributed by atoms with Gasteiger partial charge in [-0.2, -0.15) is 0 Å². The van der Waals surface area contributed by atoms with Gasteiger partial charge in [0.05, 0.1) is 0 Å². The van der Waals surface area contributed by atoms with Crippen LogP contribution >= 0.6 is 0 Å². The molecular weight excluding hydrogens is 232 g/mol. The molecule has 0 amide bonds. The first-order chi connectivity index (χ1) is 9.40. The molecule has 2 aromatic carbocycles. The van der Waals surface area contributed by atoms with Crippen LogP contribution in [0.1, 0.15) is 11.1 Å². The highest BCUT2D eigenvalue weighted by Gasteiger charge is 1.97. The molecule has 0 aliphatic rings. The number of allylic oxidation sites excluding steroid dienone is 1. The second kappa shape index (κ2) is 7.17. The van der Waals surface area contributed by atoms with E-state index >= 15 is 0 Å². The van der Waals surface area contributed by atoms with Gasteiger partial charge >= 0.3 is 0 Å². The van der Waals surface area contributed by atoms with Crippen molar-refractivity contribution in [3.8, 4) is 0 Å². The fourth-order valence-electron chi connectivity index (χ4n) is 1.82. The second-order valence-corrected chi connectivity index (χ2v) is 4.17. The third-order valence-electron chi connectivity index (χ3n) is 2.81. The molecule has 0 bridgehead atoms. The molecule has 2 rings (SSSR count). The van der Waals surface area contributed by atoms with Gasteiger partial charge in [-0.3, -0.25) is 4.99 Å². The largest absolute Gasteiger partial charge is 0.347 e. The highest BCUT2D eigenvalue weighted by Crippen LogP contribution is 2.01. The molecule has 1 N–H and O–H groups in total. The number of nitrogens with zero attached hydrogens (tertiary/aromatic N) is 1. The van der Waals surface area contributed by atoms with Crippen LogP contribution in [0.3, 0.4) is 0 Å². The van der Waals surface area contributed by atoms with E-state index in [0.29, 0.717) is 0 Å². The maximum Gasteiger partial charge on any atom is 0.131 e. The van der Waals surface area contributed by atoms with Crippen LogP contribution < -0.4 is 5.32 Å². The molecule has 0 saturated heterocycles. The number of hydrogen-bond donors (Lipinski definition) is 1. The van der Waals surface area contributed by atoms with E-state index in [2.05, 4.69) is 40.7 Å². The monoisotopic (exact) mass is 250 g/mol. The Labute approximate surface area is 114 Å². The lowest BCUT2D eigenvalue weighted by Crippen LogP contribution is -2.18. The molecular formula is C17H18N2. The van der Waals surface area contributed by atoms with Crippen molar-refractivity contribution in [1.82, 2.24) is 5.32 Å². The molecule has 96 valence electrons. The van der Waals surface area contributed by atoms with Gasteiger partial charge in [0.25, 0.3) is 0 Å². The predicted molar refractivity (Wildman–Crippen MR) is 81.3 cm³/mol. The SMILES string of the molecule is CN=C(N/C=C\Cc1ccccc1)c1ccccc1. The fraction of sp³-hybridized carbons (Fsp3) is 0.118. The Bertz CT molecular complexity index is 542. The average Bonchev–Trinajstić information content (AvgIpc) is 2.49.